The summed E-state index contributed by atoms with van der Waals surface area (Å²) in [6.07, 6.45) is 1.51. The summed E-state index contributed by atoms with van der Waals surface area (Å²) in [4.78, 5) is 22.1. The Kier molecular flexibility index (Phi) is 5.60. The van der Waals surface area contributed by atoms with Crippen molar-refractivity contribution in [2.24, 2.45) is 0 Å². The highest BCUT2D eigenvalue weighted by molar-refractivity contribution is 8.00. The van der Waals surface area contributed by atoms with Crippen molar-refractivity contribution in [2.75, 3.05) is 11.1 Å². The van der Waals surface area contributed by atoms with E-state index in [1.165, 1.54) is 41.6 Å². The molecule has 1 amide bonds. The number of aryl methyl sites for hydroxylation is 2. The molecule has 2 aromatic heterocycles. The first-order valence-corrected chi connectivity index (χ1v) is 10.9. The van der Waals surface area contributed by atoms with E-state index in [9.17, 15) is 9.18 Å². The van der Waals surface area contributed by atoms with E-state index in [1.807, 2.05) is 37.4 Å². The van der Waals surface area contributed by atoms with Crippen LogP contribution in [0.5, 0.6) is 0 Å². The number of thioether (sulfide) groups is 1. The van der Waals surface area contributed by atoms with E-state index in [4.69, 9.17) is 0 Å². The van der Waals surface area contributed by atoms with Gasteiger partial charge in [0, 0.05) is 16.6 Å². The fraction of sp³-hybridized carbons (Fsp3) is 0.136. The van der Waals surface area contributed by atoms with Gasteiger partial charge in [-0.3, -0.25) is 4.79 Å². The van der Waals surface area contributed by atoms with Crippen LogP contribution in [0.4, 0.5) is 10.1 Å². The molecule has 0 aliphatic rings. The molecule has 2 heterocycles. The van der Waals surface area contributed by atoms with Crippen LogP contribution in [-0.4, -0.2) is 21.6 Å². The smallest absolute Gasteiger partial charge is 0.234 e. The second-order valence-corrected chi connectivity index (χ2v) is 8.49. The van der Waals surface area contributed by atoms with Crippen LogP contribution in [-0.2, 0) is 4.79 Å². The Hall–Kier alpha value is -2.77. The molecule has 0 radical (unpaired) electrons. The number of hydrogen-bond acceptors (Lipinski definition) is 5. The van der Waals surface area contributed by atoms with Gasteiger partial charge in [-0.1, -0.05) is 41.6 Å². The predicted molar refractivity (Wildman–Crippen MR) is 118 cm³/mol. The quantitative estimate of drug-likeness (QED) is 0.323. The number of halogens is 1. The third kappa shape index (κ3) is 4.31. The monoisotopic (exact) mass is 423 g/mol. The molecule has 0 saturated heterocycles. The molecule has 0 atom stereocenters. The number of anilines is 1. The van der Waals surface area contributed by atoms with Crippen molar-refractivity contribution in [1.29, 1.82) is 0 Å². The molecule has 2 aromatic carbocycles. The van der Waals surface area contributed by atoms with Crippen LogP contribution in [0.1, 0.15) is 11.1 Å². The average Bonchev–Trinajstić information content (AvgIpc) is 3.14. The summed E-state index contributed by atoms with van der Waals surface area (Å²) in [5.74, 6) is -0.132. The predicted octanol–water partition coefficient (Wildman–Crippen LogP) is 5.85. The number of benzene rings is 2. The third-order valence-electron chi connectivity index (χ3n) is 4.49. The first-order valence-electron chi connectivity index (χ1n) is 8.99. The summed E-state index contributed by atoms with van der Waals surface area (Å²) in [5, 5.41) is 6.59. The number of aromatic nitrogens is 2. The fourth-order valence-corrected chi connectivity index (χ4v) is 4.87. The van der Waals surface area contributed by atoms with Crippen molar-refractivity contribution in [3.05, 3.63) is 71.1 Å². The van der Waals surface area contributed by atoms with Gasteiger partial charge >= 0.3 is 0 Å². The van der Waals surface area contributed by atoms with Crippen LogP contribution in [0.15, 0.2) is 59.2 Å². The molecule has 1 N–H and O–H groups in total. The maximum absolute atomic E-state index is 13.3. The Morgan fingerprint density at radius 1 is 1.14 bits per heavy atom. The Bertz CT molecular complexity index is 1190. The zero-order valence-corrected chi connectivity index (χ0v) is 17.5. The standard InChI is InChI=1S/C22H18FN3OS2/c1-13-3-8-18(14(2)9-13)26-19(27)11-29-22-20-17(10-28-21(20)24-12-25-22)15-4-6-16(23)7-5-15/h3-10,12H,11H2,1-2H3,(H,26,27). The number of nitrogens with one attached hydrogen (secondary N) is 1. The SMILES string of the molecule is Cc1ccc(NC(=O)CSc2ncnc3scc(-c4ccc(F)cc4)c23)c(C)c1. The number of thiophene rings is 1. The van der Waals surface area contributed by atoms with Gasteiger partial charge in [0.2, 0.25) is 5.91 Å². The van der Waals surface area contributed by atoms with E-state index in [1.54, 1.807) is 12.1 Å². The van der Waals surface area contributed by atoms with Gasteiger partial charge in [0.15, 0.2) is 0 Å². The van der Waals surface area contributed by atoms with Crippen molar-refractivity contribution in [3.63, 3.8) is 0 Å². The summed E-state index contributed by atoms with van der Waals surface area (Å²) in [6, 6.07) is 12.3. The van der Waals surface area contributed by atoms with Gasteiger partial charge in [0.1, 0.15) is 22.0 Å². The molecule has 4 nitrogen and oxygen atoms in total. The van der Waals surface area contributed by atoms with Crippen LogP contribution < -0.4 is 5.32 Å². The molecule has 0 aliphatic carbocycles. The van der Waals surface area contributed by atoms with Gasteiger partial charge in [0.05, 0.1) is 11.1 Å². The number of hydrogen-bond donors (Lipinski definition) is 1. The molecule has 0 aliphatic heterocycles. The van der Waals surface area contributed by atoms with Gasteiger partial charge in [-0.2, -0.15) is 0 Å². The van der Waals surface area contributed by atoms with Crippen LogP contribution in [0.25, 0.3) is 21.3 Å². The summed E-state index contributed by atoms with van der Waals surface area (Å²) in [6.45, 7) is 4.00. The molecule has 0 spiro atoms. The number of nitrogens with zero attached hydrogens (tertiary/aromatic N) is 2. The normalized spacial score (nSPS) is 11.0. The topological polar surface area (TPSA) is 54.9 Å². The van der Waals surface area contributed by atoms with Crippen LogP contribution >= 0.6 is 23.1 Å². The van der Waals surface area contributed by atoms with E-state index >= 15 is 0 Å². The molecule has 146 valence electrons. The molecule has 0 fully saturated rings. The third-order valence-corrected chi connectivity index (χ3v) is 6.36. The lowest BCUT2D eigenvalue weighted by atomic mass is 10.1. The highest BCUT2D eigenvalue weighted by Crippen LogP contribution is 2.37. The second kappa shape index (κ2) is 8.31. The zero-order chi connectivity index (χ0) is 20.4. The van der Waals surface area contributed by atoms with Gasteiger partial charge in [-0.25, -0.2) is 14.4 Å². The first-order chi connectivity index (χ1) is 14.0. The summed E-state index contributed by atoms with van der Waals surface area (Å²) >= 11 is 2.88. The van der Waals surface area contributed by atoms with E-state index in [0.29, 0.717) is 0 Å². The van der Waals surface area contributed by atoms with E-state index < -0.39 is 0 Å². The lowest BCUT2D eigenvalue weighted by molar-refractivity contribution is -0.113. The Morgan fingerprint density at radius 3 is 2.69 bits per heavy atom. The van der Waals surface area contributed by atoms with Crippen molar-refractivity contribution in [2.45, 2.75) is 18.9 Å². The van der Waals surface area contributed by atoms with E-state index in [2.05, 4.69) is 15.3 Å². The summed E-state index contributed by atoms with van der Waals surface area (Å²) < 4.78 is 13.3. The van der Waals surface area contributed by atoms with E-state index in [0.717, 1.165) is 43.2 Å². The van der Waals surface area contributed by atoms with Crippen molar-refractivity contribution in [3.8, 4) is 11.1 Å². The number of fused-ring (bicyclic) bond motifs is 1. The van der Waals surface area contributed by atoms with Gasteiger partial charge in [-0.15, -0.1) is 11.3 Å². The van der Waals surface area contributed by atoms with Crippen molar-refractivity contribution >= 4 is 44.9 Å². The second-order valence-electron chi connectivity index (χ2n) is 6.67. The average molecular weight is 424 g/mol. The van der Waals surface area contributed by atoms with Gasteiger partial charge < -0.3 is 5.32 Å². The van der Waals surface area contributed by atoms with Crippen LogP contribution in [0.3, 0.4) is 0 Å². The molecular formula is C22H18FN3OS2. The first kappa shape index (κ1) is 19.5. The minimum atomic E-state index is -0.276. The highest BCUT2D eigenvalue weighted by Gasteiger charge is 2.15. The molecule has 0 unspecified atom stereocenters. The Morgan fingerprint density at radius 2 is 1.93 bits per heavy atom. The van der Waals surface area contributed by atoms with Crippen molar-refractivity contribution in [1.82, 2.24) is 9.97 Å². The van der Waals surface area contributed by atoms with E-state index in [-0.39, 0.29) is 17.5 Å². The van der Waals surface area contributed by atoms with Crippen molar-refractivity contribution < 1.29 is 9.18 Å². The van der Waals surface area contributed by atoms with Crippen LogP contribution in [0, 0.1) is 19.7 Å². The fourth-order valence-electron chi connectivity index (χ4n) is 3.07. The molecule has 0 saturated carbocycles. The number of rotatable bonds is 5. The molecular weight excluding hydrogens is 405 g/mol. The van der Waals surface area contributed by atoms with Crippen LogP contribution in [0.2, 0.25) is 0 Å². The molecule has 0 bridgehead atoms. The largest absolute Gasteiger partial charge is 0.325 e. The molecule has 4 rings (SSSR count). The Balaban J connectivity index is 1.55. The van der Waals surface area contributed by atoms with Gasteiger partial charge in [-0.05, 0) is 43.2 Å². The number of carbonyl (C=O) groups excluding carboxylic acids is 1. The molecule has 29 heavy (non-hydrogen) atoms. The number of carbonyl (C=O) groups is 1. The minimum absolute atomic E-state index is 0.0905. The minimum Gasteiger partial charge on any atom is -0.325 e. The molecule has 4 aromatic rings. The summed E-state index contributed by atoms with van der Waals surface area (Å²) in [5.41, 5.74) is 4.85. The zero-order valence-electron chi connectivity index (χ0n) is 15.9. The Labute approximate surface area is 176 Å². The highest BCUT2D eigenvalue weighted by atomic mass is 32.2. The lowest BCUT2D eigenvalue weighted by Crippen LogP contribution is -2.15. The maximum atomic E-state index is 13.3. The number of amides is 1. The lowest BCUT2D eigenvalue weighted by Gasteiger charge is -2.09. The summed E-state index contributed by atoms with van der Waals surface area (Å²) in [7, 11) is 0. The van der Waals surface area contributed by atoms with Gasteiger partial charge in [0.25, 0.3) is 0 Å². The maximum Gasteiger partial charge on any atom is 0.234 e. The molecule has 7 heteroatoms.